The molecule has 0 spiro atoms. The Kier molecular flexibility index (Phi) is 5.60. The van der Waals surface area contributed by atoms with Crippen LogP contribution in [0, 0.1) is 24.1 Å². The van der Waals surface area contributed by atoms with Crippen molar-refractivity contribution in [2.24, 2.45) is 0 Å². The number of rotatable bonds is 5. The number of aromatic nitrogens is 1. The molecule has 3 rings (SSSR count). The number of esters is 1. The molecule has 0 aliphatic rings. The number of carbonyl (C=O) groups is 2. The first-order chi connectivity index (χ1) is 13.8. The van der Waals surface area contributed by atoms with Gasteiger partial charge in [-0.1, -0.05) is 6.07 Å². The van der Waals surface area contributed by atoms with Crippen LogP contribution in [0.1, 0.15) is 41.0 Å². The van der Waals surface area contributed by atoms with E-state index in [0.717, 1.165) is 0 Å². The third kappa shape index (κ3) is 3.94. The van der Waals surface area contributed by atoms with E-state index in [1.165, 1.54) is 30.3 Å². The first kappa shape index (κ1) is 20.0. The second-order valence-corrected chi connectivity index (χ2v) is 6.80. The average Bonchev–Trinajstić information content (AvgIpc) is 2.96. The van der Waals surface area contributed by atoms with Crippen molar-refractivity contribution in [2.75, 3.05) is 0 Å². The number of nitriles is 1. The molecule has 0 aliphatic carbocycles. The third-order valence-electron chi connectivity index (χ3n) is 4.43. The van der Waals surface area contributed by atoms with Gasteiger partial charge in [-0.05, 0) is 68.8 Å². The van der Waals surface area contributed by atoms with Gasteiger partial charge in [-0.2, -0.15) is 5.26 Å². The van der Waals surface area contributed by atoms with Crippen molar-refractivity contribution in [1.29, 1.82) is 5.26 Å². The zero-order valence-corrected chi connectivity index (χ0v) is 16.3. The van der Waals surface area contributed by atoms with Gasteiger partial charge in [0.25, 0.3) is 0 Å². The van der Waals surface area contributed by atoms with E-state index in [0.29, 0.717) is 27.9 Å². The van der Waals surface area contributed by atoms with Gasteiger partial charge in [0.2, 0.25) is 5.78 Å². The van der Waals surface area contributed by atoms with Crippen LogP contribution in [-0.2, 0) is 9.53 Å². The maximum absolute atomic E-state index is 13.2. The van der Waals surface area contributed by atoms with Gasteiger partial charge in [-0.3, -0.25) is 4.79 Å². The largest absolute Gasteiger partial charge is 0.459 e. The highest BCUT2D eigenvalue weighted by atomic mass is 19.1. The molecule has 0 radical (unpaired) electrons. The molecule has 0 fully saturated rings. The normalized spacial score (nSPS) is 11.5. The third-order valence-corrected chi connectivity index (χ3v) is 4.43. The van der Waals surface area contributed by atoms with Crippen molar-refractivity contribution in [1.82, 2.24) is 4.40 Å². The quantitative estimate of drug-likeness (QED) is 0.279. The van der Waals surface area contributed by atoms with Crippen LogP contribution in [0.5, 0.6) is 0 Å². The summed E-state index contributed by atoms with van der Waals surface area (Å²) in [5.41, 5.74) is 2.42. The molecule has 146 valence electrons. The lowest BCUT2D eigenvalue weighted by Gasteiger charge is -2.06. The molecule has 1 aromatic carbocycles. The van der Waals surface area contributed by atoms with Crippen molar-refractivity contribution in [2.45, 2.75) is 26.9 Å². The molecule has 0 saturated carbocycles. The highest BCUT2D eigenvalue weighted by Gasteiger charge is 2.22. The van der Waals surface area contributed by atoms with Gasteiger partial charge < -0.3 is 9.14 Å². The standard InChI is InChI=1S/C23H19FN2O3/c1-14(2)29-23(28)17(13-25)12-19-15(3)21(26-11-5-4-6-20(19)26)22(27)16-7-9-18(24)10-8-16/h4-12,14H,1-3H3/b17-12+. The minimum atomic E-state index is -0.719. The molecule has 2 aromatic heterocycles. The number of carbonyl (C=O) groups excluding carboxylic acids is 2. The molecule has 0 saturated heterocycles. The van der Waals surface area contributed by atoms with Crippen LogP contribution in [0.3, 0.4) is 0 Å². The van der Waals surface area contributed by atoms with E-state index in [4.69, 9.17) is 4.74 Å². The van der Waals surface area contributed by atoms with Crippen molar-refractivity contribution in [3.8, 4) is 6.07 Å². The van der Waals surface area contributed by atoms with Gasteiger partial charge in [0.1, 0.15) is 17.5 Å². The lowest BCUT2D eigenvalue weighted by Crippen LogP contribution is -2.12. The maximum Gasteiger partial charge on any atom is 0.349 e. The summed E-state index contributed by atoms with van der Waals surface area (Å²) in [4.78, 5) is 25.3. The first-order valence-electron chi connectivity index (χ1n) is 9.06. The van der Waals surface area contributed by atoms with Gasteiger partial charge in [-0.15, -0.1) is 0 Å². The second kappa shape index (κ2) is 8.11. The molecule has 0 atom stereocenters. The summed E-state index contributed by atoms with van der Waals surface area (Å²) in [6.45, 7) is 5.15. The van der Waals surface area contributed by atoms with Crippen LogP contribution < -0.4 is 0 Å². The van der Waals surface area contributed by atoms with Crippen molar-refractivity contribution in [3.05, 3.63) is 82.4 Å². The van der Waals surface area contributed by atoms with Gasteiger partial charge in [0.05, 0.1) is 17.3 Å². The van der Waals surface area contributed by atoms with Crippen molar-refractivity contribution >= 4 is 23.3 Å². The zero-order valence-electron chi connectivity index (χ0n) is 16.3. The van der Waals surface area contributed by atoms with Crippen LogP contribution in [0.4, 0.5) is 4.39 Å². The van der Waals surface area contributed by atoms with Crippen LogP contribution >= 0.6 is 0 Å². The lowest BCUT2D eigenvalue weighted by molar-refractivity contribution is -0.142. The minimum absolute atomic E-state index is 0.154. The molecule has 5 nitrogen and oxygen atoms in total. The molecular formula is C23H19FN2O3. The average molecular weight is 390 g/mol. The predicted molar refractivity (Wildman–Crippen MR) is 107 cm³/mol. The predicted octanol–water partition coefficient (Wildman–Crippen LogP) is 4.48. The zero-order chi connectivity index (χ0) is 21.1. The van der Waals surface area contributed by atoms with Crippen LogP contribution in [0.15, 0.2) is 54.2 Å². The van der Waals surface area contributed by atoms with Crippen molar-refractivity contribution in [3.63, 3.8) is 0 Å². The molecule has 6 heteroatoms. The number of fused-ring (bicyclic) bond motifs is 1. The summed E-state index contributed by atoms with van der Waals surface area (Å²) in [5, 5.41) is 9.43. The molecule has 2 heterocycles. The molecule has 0 bridgehead atoms. The smallest absolute Gasteiger partial charge is 0.349 e. The van der Waals surface area contributed by atoms with Gasteiger partial charge in [0.15, 0.2) is 0 Å². The summed E-state index contributed by atoms with van der Waals surface area (Å²) < 4.78 is 20.1. The number of ketones is 1. The minimum Gasteiger partial charge on any atom is -0.459 e. The fourth-order valence-corrected chi connectivity index (χ4v) is 3.12. The first-order valence-corrected chi connectivity index (χ1v) is 9.06. The number of halogens is 1. The summed E-state index contributed by atoms with van der Waals surface area (Å²) in [6.07, 6.45) is 2.81. The molecular weight excluding hydrogens is 371 g/mol. The Morgan fingerprint density at radius 3 is 2.48 bits per heavy atom. The van der Waals surface area contributed by atoms with E-state index in [2.05, 4.69) is 0 Å². The van der Waals surface area contributed by atoms with Crippen LogP contribution in [-0.4, -0.2) is 22.3 Å². The van der Waals surface area contributed by atoms with E-state index in [-0.39, 0.29) is 17.5 Å². The molecule has 0 amide bonds. The van der Waals surface area contributed by atoms with Gasteiger partial charge in [0, 0.05) is 17.3 Å². The number of ether oxygens (including phenoxy) is 1. The SMILES string of the molecule is Cc1c(/C=C(\C#N)C(=O)OC(C)C)c2ccccn2c1C(=O)c1ccc(F)cc1. The Balaban J connectivity index is 2.18. The number of hydrogen-bond acceptors (Lipinski definition) is 4. The Morgan fingerprint density at radius 2 is 1.86 bits per heavy atom. The summed E-state index contributed by atoms with van der Waals surface area (Å²) in [6, 6.07) is 12.6. The fourth-order valence-electron chi connectivity index (χ4n) is 3.12. The van der Waals surface area contributed by atoms with E-state index in [1.807, 2.05) is 6.07 Å². The Labute approximate surface area is 167 Å². The molecule has 0 N–H and O–H groups in total. The van der Waals surface area contributed by atoms with E-state index < -0.39 is 11.8 Å². The van der Waals surface area contributed by atoms with Crippen LogP contribution in [0.25, 0.3) is 11.6 Å². The monoisotopic (exact) mass is 390 g/mol. The van der Waals surface area contributed by atoms with E-state index in [9.17, 15) is 19.2 Å². The number of hydrogen-bond donors (Lipinski definition) is 0. The summed E-state index contributed by atoms with van der Waals surface area (Å²) >= 11 is 0. The topological polar surface area (TPSA) is 71.6 Å². The van der Waals surface area contributed by atoms with E-state index >= 15 is 0 Å². The number of benzene rings is 1. The highest BCUT2D eigenvalue weighted by Crippen LogP contribution is 2.28. The Bertz CT molecular complexity index is 1170. The van der Waals surface area contributed by atoms with Gasteiger partial charge >= 0.3 is 5.97 Å². The Hall–Kier alpha value is -3.72. The Morgan fingerprint density at radius 1 is 1.17 bits per heavy atom. The second-order valence-electron chi connectivity index (χ2n) is 6.80. The molecule has 3 aromatic rings. The number of pyridine rings is 1. The maximum atomic E-state index is 13.2. The molecule has 29 heavy (non-hydrogen) atoms. The van der Waals surface area contributed by atoms with Crippen molar-refractivity contribution < 1.29 is 18.7 Å². The molecule has 0 aliphatic heterocycles. The summed E-state index contributed by atoms with van der Waals surface area (Å²) in [7, 11) is 0. The van der Waals surface area contributed by atoms with Crippen LogP contribution in [0.2, 0.25) is 0 Å². The molecule has 0 unspecified atom stereocenters. The fraction of sp³-hybridized carbons (Fsp3) is 0.174. The van der Waals surface area contributed by atoms with E-state index in [1.54, 1.807) is 49.6 Å². The highest BCUT2D eigenvalue weighted by molar-refractivity contribution is 6.11. The number of nitrogens with zero attached hydrogens (tertiary/aromatic N) is 2. The lowest BCUT2D eigenvalue weighted by atomic mass is 10.0. The summed E-state index contributed by atoms with van der Waals surface area (Å²) in [5.74, 6) is -1.43. The van der Waals surface area contributed by atoms with Gasteiger partial charge in [-0.25, -0.2) is 9.18 Å².